The zero-order valence-corrected chi connectivity index (χ0v) is 21.9. The summed E-state index contributed by atoms with van der Waals surface area (Å²) in [5.41, 5.74) is 8.35. The molecule has 1 aliphatic rings. The Balaban J connectivity index is 1.68. The Morgan fingerprint density at radius 1 is 1.05 bits per heavy atom. The number of hydrazine groups is 1. The van der Waals surface area contributed by atoms with Crippen LogP contribution in [-0.4, -0.2) is 41.7 Å². The predicted octanol–water partition coefficient (Wildman–Crippen LogP) is 4.98. The first-order valence-electron chi connectivity index (χ1n) is 12.9. The second-order valence-corrected chi connectivity index (χ2v) is 9.52. The number of aliphatic hydroxyl groups excluding tert-OH is 1. The molecule has 2 atom stereocenters. The van der Waals surface area contributed by atoms with Crippen LogP contribution in [0.4, 0.5) is 0 Å². The summed E-state index contributed by atoms with van der Waals surface area (Å²) in [6.07, 6.45) is 1.89. The van der Waals surface area contributed by atoms with Crippen molar-refractivity contribution in [2.75, 3.05) is 13.2 Å². The van der Waals surface area contributed by atoms with Crippen LogP contribution in [0.15, 0.2) is 96.5 Å². The van der Waals surface area contributed by atoms with Crippen LogP contribution in [0, 0.1) is 0 Å². The number of nitrogens with zero attached hydrogens (tertiary/aromatic N) is 1. The van der Waals surface area contributed by atoms with Gasteiger partial charge in [0.15, 0.2) is 11.6 Å². The van der Waals surface area contributed by atoms with E-state index in [1.165, 1.54) is 0 Å². The number of aliphatic imine (C=N–C) groups is 1. The maximum atomic E-state index is 13.7. The van der Waals surface area contributed by atoms with Crippen LogP contribution in [0.2, 0.25) is 0 Å². The van der Waals surface area contributed by atoms with Gasteiger partial charge in [-0.2, -0.15) is 0 Å². The minimum Gasteiger partial charge on any atom is -0.494 e. The quantitative estimate of drug-likeness (QED) is 0.181. The molecule has 1 heterocycles. The lowest BCUT2D eigenvalue weighted by molar-refractivity contribution is -0.130. The Morgan fingerprint density at radius 3 is 2.34 bits per heavy atom. The van der Waals surface area contributed by atoms with Crippen LogP contribution in [0.5, 0.6) is 5.75 Å². The van der Waals surface area contributed by atoms with Crippen molar-refractivity contribution < 1.29 is 19.4 Å². The SMILES string of the molecule is C=CC[C@]1(C(=O)NNC(C)C)N=C(c2ccc(OCCCO)cc2)O[C@H]1c1ccc(-c2ccccc2)cc1. The number of hydrogen-bond donors (Lipinski definition) is 3. The lowest BCUT2D eigenvalue weighted by Gasteiger charge is -2.30. The summed E-state index contributed by atoms with van der Waals surface area (Å²) in [6.45, 7) is 8.32. The van der Waals surface area contributed by atoms with Gasteiger partial charge in [0.2, 0.25) is 5.90 Å². The Kier molecular flexibility index (Phi) is 8.94. The summed E-state index contributed by atoms with van der Waals surface area (Å²) in [5.74, 6) is 0.776. The highest BCUT2D eigenvalue weighted by Crippen LogP contribution is 2.43. The van der Waals surface area contributed by atoms with Gasteiger partial charge in [-0.3, -0.25) is 10.2 Å². The first-order valence-corrected chi connectivity index (χ1v) is 12.9. The highest BCUT2D eigenvalue weighted by atomic mass is 16.5. The van der Waals surface area contributed by atoms with Crippen molar-refractivity contribution in [2.24, 2.45) is 4.99 Å². The summed E-state index contributed by atoms with van der Waals surface area (Å²) in [4.78, 5) is 18.6. The summed E-state index contributed by atoms with van der Waals surface area (Å²) in [5, 5.41) is 8.97. The number of aliphatic hydroxyl groups is 1. The number of carbonyl (C=O) groups excluding carboxylic acids is 1. The molecule has 4 rings (SSSR count). The van der Waals surface area contributed by atoms with Crippen LogP contribution < -0.4 is 15.6 Å². The van der Waals surface area contributed by atoms with E-state index in [2.05, 4.69) is 29.6 Å². The maximum Gasteiger partial charge on any atom is 0.266 e. The molecular formula is C31H35N3O4. The minimum absolute atomic E-state index is 0.0486. The number of rotatable bonds is 12. The van der Waals surface area contributed by atoms with Gasteiger partial charge < -0.3 is 14.6 Å². The molecule has 7 nitrogen and oxygen atoms in total. The monoisotopic (exact) mass is 513 g/mol. The van der Waals surface area contributed by atoms with E-state index < -0.39 is 11.6 Å². The highest BCUT2D eigenvalue weighted by Gasteiger charge is 2.52. The summed E-state index contributed by atoms with van der Waals surface area (Å²) < 4.78 is 12.1. The molecule has 3 N–H and O–H groups in total. The number of nitrogens with one attached hydrogen (secondary N) is 2. The van der Waals surface area contributed by atoms with Crippen molar-refractivity contribution in [1.82, 2.24) is 10.9 Å². The molecule has 1 aliphatic heterocycles. The standard InChI is InChI=1S/C31H35N3O4/c1-4-19-31(30(36)34-33-22(2)3)28(25-13-11-24(12-14-25)23-9-6-5-7-10-23)38-29(32-31)26-15-17-27(18-16-26)37-21-8-20-35/h4-7,9-18,22,28,33,35H,1,8,19-21H2,2-3H3,(H,34,36)/t28-,31-/m0/s1. The van der Waals surface area contributed by atoms with Gasteiger partial charge in [0.1, 0.15) is 5.75 Å². The second kappa shape index (κ2) is 12.5. The van der Waals surface area contributed by atoms with Crippen molar-refractivity contribution in [1.29, 1.82) is 0 Å². The van der Waals surface area contributed by atoms with E-state index in [-0.39, 0.29) is 25.0 Å². The maximum absolute atomic E-state index is 13.7. The van der Waals surface area contributed by atoms with Crippen molar-refractivity contribution in [2.45, 2.75) is 44.4 Å². The number of hydrogen-bond acceptors (Lipinski definition) is 6. The summed E-state index contributed by atoms with van der Waals surface area (Å²) >= 11 is 0. The fraction of sp³-hybridized carbons (Fsp3) is 0.290. The van der Waals surface area contributed by atoms with E-state index in [9.17, 15) is 4.79 Å². The third-order valence-electron chi connectivity index (χ3n) is 6.28. The number of carbonyl (C=O) groups is 1. The van der Waals surface area contributed by atoms with E-state index in [4.69, 9.17) is 19.6 Å². The zero-order chi connectivity index (χ0) is 27.0. The molecule has 3 aromatic carbocycles. The molecule has 7 heteroatoms. The Labute approximate surface area is 224 Å². The van der Waals surface area contributed by atoms with E-state index in [0.29, 0.717) is 24.7 Å². The molecule has 0 bridgehead atoms. The molecule has 0 fully saturated rings. The first kappa shape index (κ1) is 27.1. The Hall–Kier alpha value is -3.94. The topological polar surface area (TPSA) is 92.2 Å². The molecule has 0 saturated heterocycles. The van der Waals surface area contributed by atoms with Gasteiger partial charge in [-0.15, -0.1) is 6.58 Å². The molecule has 38 heavy (non-hydrogen) atoms. The van der Waals surface area contributed by atoms with E-state index in [1.54, 1.807) is 6.08 Å². The molecule has 0 aromatic heterocycles. The molecule has 1 amide bonds. The number of amides is 1. The average Bonchev–Trinajstić information content (AvgIpc) is 3.33. The summed E-state index contributed by atoms with van der Waals surface area (Å²) in [6, 6.07) is 25.6. The normalized spacial score (nSPS) is 18.5. The van der Waals surface area contributed by atoms with Gasteiger partial charge in [0.25, 0.3) is 5.91 Å². The molecule has 0 spiro atoms. The van der Waals surface area contributed by atoms with Crippen molar-refractivity contribution >= 4 is 11.8 Å². The Bertz CT molecular complexity index is 1240. The molecule has 3 aromatic rings. The minimum atomic E-state index is -1.25. The van der Waals surface area contributed by atoms with Gasteiger partial charge >= 0.3 is 0 Å². The van der Waals surface area contributed by atoms with Gasteiger partial charge in [-0.1, -0.05) is 60.7 Å². The highest BCUT2D eigenvalue weighted by molar-refractivity contribution is 6.01. The Morgan fingerprint density at radius 2 is 1.71 bits per heavy atom. The summed E-state index contributed by atoms with van der Waals surface area (Å²) in [7, 11) is 0. The van der Waals surface area contributed by atoms with Gasteiger partial charge in [-0.25, -0.2) is 10.4 Å². The molecule has 198 valence electrons. The molecular weight excluding hydrogens is 478 g/mol. The van der Waals surface area contributed by atoms with Crippen molar-refractivity contribution in [3.63, 3.8) is 0 Å². The number of ether oxygens (including phenoxy) is 2. The first-order chi connectivity index (χ1) is 18.5. The third-order valence-corrected chi connectivity index (χ3v) is 6.28. The van der Waals surface area contributed by atoms with Gasteiger partial charge in [0.05, 0.1) is 6.61 Å². The average molecular weight is 514 g/mol. The fourth-order valence-corrected chi connectivity index (χ4v) is 4.33. The van der Waals surface area contributed by atoms with Crippen LogP contribution in [0.3, 0.4) is 0 Å². The smallest absolute Gasteiger partial charge is 0.266 e. The largest absolute Gasteiger partial charge is 0.494 e. The van der Waals surface area contributed by atoms with E-state index in [0.717, 1.165) is 22.3 Å². The molecule has 0 aliphatic carbocycles. The van der Waals surface area contributed by atoms with Gasteiger partial charge in [-0.05, 0) is 54.8 Å². The fourth-order valence-electron chi connectivity index (χ4n) is 4.33. The third kappa shape index (κ3) is 6.13. The van der Waals surface area contributed by atoms with Crippen LogP contribution in [-0.2, 0) is 9.53 Å². The van der Waals surface area contributed by atoms with Gasteiger partial charge in [0, 0.05) is 31.1 Å². The van der Waals surface area contributed by atoms with Crippen LogP contribution >= 0.6 is 0 Å². The lowest BCUT2D eigenvalue weighted by atomic mass is 9.84. The molecule has 0 unspecified atom stereocenters. The molecule has 0 saturated carbocycles. The zero-order valence-electron chi connectivity index (χ0n) is 21.9. The van der Waals surface area contributed by atoms with Crippen LogP contribution in [0.25, 0.3) is 11.1 Å². The van der Waals surface area contributed by atoms with E-state index >= 15 is 0 Å². The van der Waals surface area contributed by atoms with Crippen LogP contribution in [0.1, 0.15) is 43.9 Å². The molecule has 0 radical (unpaired) electrons. The number of benzene rings is 3. The van der Waals surface area contributed by atoms with E-state index in [1.807, 2.05) is 80.6 Å². The van der Waals surface area contributed by atoms with Crippen molar-refractivity contribution in [3.05, 3.63) is 103 Å². The predicted molar refractivity (Wildman–Crippen MR) is 150 cm³/mol. The second-order valence-electron chi connectivity index (χ2n) is 9.52. The van der Waals surface area contributed by atoms with Crippen molar-refractivity contribution in [3.8, 4) is 16.9 Å². The lowest BCUT2D eigenvalue weighted by Crippen LogP contribution is -2.54.